The molecule has 3 aromatic carbocycles. The molecule has 0 aliphatic heterocycles. The van der Waals surface area contributed by atoms with Crippen LogP contribution in [0.15, 0.2) is 72.8 Å². The van der Waals surface area contributed by atoms with E-state index in [1.54, 1.807) is 0 Å². The van der Waals surface area contributed by atoms with Gasteiger partial charge in [0.05, 0.1) is 0 Å². The Hall–Kier alpha value is -4.40. The Labute approximate surface area is 171 Å². The van der Waals surface area contributed by atoms with Crippen molar-refractivity contribution in [1.29, 1.82) is 0 Å². The predicted molar refractivity (Wildman–Crippen MR) is 112 cm³/mol. The van der Waals surface area contributed by atoms with Crippen molar-refractivity contribution in [3.05, 3.63) is 78.4 Å². The number of nitrogens with one attached hydrogen (secondary N) is 2. The molecular weight excluding hydrogens is 378 g/mol. The molecule has 0 radical (unpaired) electrons. The van der Waals surface area contributed by atoms with Crippen LogP contribution in [0, 0.1) is 6.92 Å². The van der Waals surface area contributed by atoms with Crippen LogP contribution in [0.25, 0.3) is 22.8 Å². The summed E-state index contributed by atoms with van der Waals surface area (Å²) < 4.78 is 0. The van der Waals surface area contributed by atoms with Gasteiger partial charge in [-0.1, -0.05) is 17.7 Å². The highest BCUT2D eigenvalue weighted by molar-refractivity contribution is 5.78. The molecule has 9 heteroatoms. The second-order valence-corrected chi connectivity index (χ2v) is 6.74. The quantitative estimate of drug-likeness (QED) is 0.465. The third-order valence-corrected chi connectivity index (χ3v) is 4.75. The minimum absolute atomic E-state index is 0.563. The van der Waals surface area contributed by atoms with E-state index < -0.39 is 0 Å². The lowest BCUT2D eigenvalue weighted by Crippen LogP contribution is -2.09. The first-order valence-electron chi connectivity index (χ1n) is 9.32. The summed E-state index contributed by atoms with van der Waals surface area (Å²) in [7, 11) is 0. The summed E-state index contributed by atoms with van der Waals surface area (Å²) in [5.74, 6) is 1.13. The van der Waals surface area contributed by atoms with Crippen molar-refractivity contribution in [3.63, 3.8) is 0 Å². The van der Waals surface area contributed by atoms with Crippen LogP contribution in [0.4, 0.5) is 17.1 Å². The summed E-state index contributed by atoms with van der Waals surface area (Å²) in [4.78, 5) is 2.18. The van der Waals surface area contributed by atoms with Gasteiger partial charge < -0.3 is 4.90 Å². The predicted octanol–water partition coefficient (Wildman–Crippen LogP) is 3.83. The molecule has 0 fully saturated rings. The lowest BCUT2D eigenvalue weighted by molar-refractivity contribution is 0.881. The zero-order valence-corrected chi connectivity index (χ0v) is 16.1. The van der Waals surface area contributed by atoms with E-state index in [-0.39, 0.29) is 0 Å². The summed E-state index contributed by atoms with van der Waals surface area (Å²) >= 11 is 0. The van der Waals surface area contributed by atoms with Crippen LogP contribution in [0.2, 0.25) is 0 Å². The summed E-state index contributed by atoms with van der Waals surface area (Å²) in [6.07, 6.45) is 0. The van der Waals surface area contributed by atoms with Gasteiger partial charge in [-0.15, -0.1) is 20.4 Å². The molecule has 0 saturated heterocycles. The van der Waals surface area contributed by atoms with Crippen LogP contribution >= 0.6 is 0 Å². The lowest BCUT2D eigenvalue weighted by atomic mass is 10.1. The Morgan fingerprint density at radius 2 is 0.967 bits per heavy atom. The number of benzene rings is 3. The monoisotopic (exact) mass is 395 g/mol. The van der Waals surface area contributed by atoms with Crippen molar-refractivity contribution in [1.82, 2.24) is 41.2 Å². The van der Waals surface area contributed by atoms with E-state index in [0.29, 0.717) is 11.6 Å². The van der Waals surface area contributed by atoms with Gasteiger partial charge in [-0.2, -0.15) is 10.4 Å². The molecule has 146 valence electrons. The van der Waals surface area contributed by atoms with E-state index >= 15 is 0 Å². The van der Waals surface area contributed by atoms with Crippen LogP contribution in [-0.2, 0) is 0 Å². The van der Waals surface area contributed by atoms with Crippen molar-refractivity contribution in [2.75, 3.05) is 4.90 Å². The van der Waals surface area contributed by atoms with Gasteiger partial charge in [-0.25, -0.2) is 0 Å². The van der Waals surface area contributed by atoms with Crippen molar-refractivity contribution in [3.8, 4) is 22.8 Å². The molecule has 0 aliphatic carbocycles. The lowest BCUT2D eigenvalue weighted by Gasteiger charge is -2.25. The van der Waals surface area contributed by atoms with E-state index in [4.69, 9.17) is 0 Å². The molecule has 0 unspecified atom stereocenters. The summed E-state index contributed by atoms with van der Waals surface area (Å²) in [5.41, 5.74) is 6.07. The first-order chi connectivity index (χ1) is 14.8. The number of aromatic amines is 2. The molecule has 5 rings (SSSR count). The SMILES string of the molecule is Cc1ccc(N(c2ccc(-c3nn[nH]n3)cc2)c2ccc(-c3nn[nH]n3)cc2)cc1. The average molecular weight is 395 g/mol. The molecule has 2 heterocycles. The van der Waals surface area contributed by atoms with Crippen LogP contribution in [0.1, 0.15) is 5.56 Å². The Morgan fingerprint density at radius 3 is 1.33 bits per heavy atom. The Balaban J connectivity index is 1.54. The Bertz CT molecular complexity index is 1130. The number of hydrogen-bond acceptors (Lipinski definition) is 7. The number of aromatic nitrogens is 8. The maximum absolute atomic E-state index is 4.04. The molecule has 0 amide bonds. The minimum atomic E-state index is 0.563. The first kappa shape index (κ1) is 17.7. The number of tetrazole rings is 2. The highest BCUT2D eigenvalue weighted by atomic mass is 15.5. The number of hydrogen-bond donors (Lipinski definition) is 2. The average Bonchev–Trinajstić information content (AvgIpc) is 3.51. The van der Waals surface area contributed by atoms with Crippen LogP contribution < -0.4 is 4.90 Å². The summed E-state index contributed by atoms with van der Waals surface area (Å²) in [5, 5.41) is 28.4. The second kappa shape index (κ2) is 7.55. The van der Waals surface area contributed by atoms with E-state index in [1.165, 1.54) is 5.56 Å². The van der Waals surface area contributed by atoms with Gasteiger partial charge in [0, 0.05) is 28.2 Å². The highest BCUT2D eigenvalue weighted by Crippen LogP contribution is 2.36. The maximum Gasteiger partial charge on any atom is 0.204 e. The Kier molecular flexibility index (Phi) is 4.45. The van der Waals surface area contributed by atoms with Crippen LogP contribution in [0.3, 0.4) is 0 Å². The maximum atomic E-state index is 4.04. The molecule has 0 aliphatic rings. The van der Waals surface area contributed by atoms with E-state index in [2.05, 4.69) is 77.3 Å². The fraction of sp³-hybridized carbons (Fsp3) is 0.0476. The fourth-order valence-electron chi connectivity index (χ4n) is 3.23. The molecule has 0 atom stereocenters. The normalized spacial score (nSPS) is 10.8. The molecule has 0 spiro atoms. The van der Waals surface area contributed by atoms with Gasteiger partial charge in [0.2, 0.25) is 11.6 Å². The molecule has 2 N–H and O–H groups in total. The molecule has 9 nitrogen and oxygen atoms in total. The third-order valence-electron chi connectivity index (χ3n) is 4.75. The second-order valence-electron chi connectivity index (χ2n) is 6.74. The first-order valence-corrected chi connectivity index (χ1v) is 9.32. The smallest absolute Gasteiger partial charge is 0.204 e. The number of rotatable bonds is 5. The van der Waals surface area contributed by atoms with Gasteiger partial charge >= 0.3 is 0 Å². The van der Waals surface area contributed by atoms with E-state index in [9.17, 15) is 0 Å². The van der Waals surface area contributed by atoms with Gasteiger partial charge in [-0.3, -0.25) is 0 Å². The van der Waals surface area contributed by atoms with Crippen LogP contribution in [0.5, 0.6) is 0 Å². The Morgan fingerprint density at radius 1 is 0.567 bits per heavy atom. The van der Waals surface area contributed by atoms with Crippen molar-refractivity contribution in [2.45, 2.75) is 6.92 Å². The number of aryl methyl sites for hydroxylation is 1. The number of nitrogens with zero attached hydrogens (tertiary/aromatic N) is 7. The topological polar surface area (TPSA) is 112 Å². The molecule has 0 saturated carbocycles. The fourth-order valence-corrected chi connectivity index (χ4v) is 3.23. The van der Waals surface area contributed by atoms with Gasteiger partial charge in [0.25, 0.3) is 0 Å². The van der Waals surface area contributed by atoms with Crippen LogP contribution in [-0.4, -0.2) is 41.2 Å². The zero-order chi connectivity index (χ0) is 20.3. The van der Waals surface area contributed by atoms with E-state index in [0.717, 1.165) is 28.2 Å². The molecule has 5 aromatic rings. The third kappa shape index (κ3) is 3.39. The molecule has 2 aromatic heterocycles. The van der Waals surface area contributed by atoms with Gasteiger partial charge in [0.15, 0.2) is 0 Å². The van der Waals surface area contributed by atoms with E-state index in [1.807, 2.05) is 48.5 Å². The standard InChI is InChI=1S/C21H17N9/c1-14-2-8-17(9-3-14)30(18-10-4-15(5-11-18)20-22-26-27-23-20)19-12-6-16(7-13-19)21-24-28-29-25-21/h2-13H,1H3,(H,22,23,26,27)(H,24,25,28,29). The van der Waals surface area contributed by atoms with Gasteiger partial charge in [0.1, 0.15) is 0 Å². The minimum Gasteiger partial charge on any atom is -0.311 e. The molecule has 0 bridgehead atoms. The molecule has 30 heavy (non-hydrogen) atoms. The molecular formula is C21H17N9. The van der Waals surface area contributed by atoms with Crippen molar-refractivity contribution in [2.24, 2.45) is 0 Å². The largest absolute Gasteiger partial charge is 0.311 e. The van der Waals surface area contributed by atoms with Crippen molar-refractivity contribution >= 4 is 17.1 Å². The van der Waals surface area contributed by atoms with Crippen molar-refractivity contribution < 1.29 is 0 Å². The number of anilines is 3. The summed E-state index contributed by atoms with van der Waals surface area (Å²) in [6.45, 7) is 2.08. The zero-order valence-electron chi connectivity index (χ0n) is 16.1. The summed E-state index contributed by atoms with van der Waals surface area (Å²) in [6, 6.07) is 24.5. The highest BCUT2D eigenvalue weighted by Gasteiger charge is 2.14. The number of H-pyrrole nitrogens is 2. The van der Waals surface area contributed by atoms with Gasteiger partial charge in [-0.05, 0) is 78.0 Å².